The number of hydrogen-bond acceptors (Lipinski definition) is 7. The molecule has 1 saturated carbocycles. The van der Waals surface area contributed by atoms with Crippen LogP contribution in [-0.4, -0.2) is 42.8 Å². The van der Waals surface area contributed by atoms with E-state index in [0.29, 0.717) is 29.1 Å². The number of benzene rings is 2. The van der Waals surface area contributed by atoms with Gasteiger partial charge in [0.25, 0.3) is 10.0 Å². The van der Waals surface area contributed by atoms with Gasteiger partial charge in [-0.15, -0.1) is 5.10 Å². The van der Waals surface area contributed by atoms with E-state index in [9.17, 15) is 8.42 Å². The van der Waals surface area contributed by atoms with Gasteiger partial charge in [0.1, 0.15) is 0 Å². The number of nitrogens with zero attached hydrogens (tertiary/aromatic N) is 4. The lowest BCUT2D eigenvalue weighted by Crippen LogP contribution is -2.13. The topological polar surface area (TPSA) is 108 Å². The smallest absolute Gasteiger partial charge is 0.262 e. The molecule has 0 bridgehead atoms. The summed E-state index contributed by atoms with van der Waals surface area (Å²) in [7, 11) is -0.870. The van der Waals surface area contributed by atoms with E-state index in [1.54, 1.807) is 28.9 Å². The molecule has 0 amide bonds. The van der Waals surface area contributed by atoms with Gasteiger partial charge in [0.05, 0.1) is 25.2 Å². The molecule has 146 valence electrons. The molecule has 10 heteroatoms. The summed E-state index contributed by atoms with van der Waals surface area (Å²) in [4.78, 5) is 0.0679. The van der Waals surface area contributed by atoms with Crippen LogP contribution >= 0.6 is 0 Å². The molecule has 0 unspecified atom stereocenters. The van der Waals surface area contributed by atoms with Gasteiger partial charge in [-0.25, -0.2) is 13.1 Å². The molecular weight excluding hydrogens is 382 g/mol. The summed E-state index contributed by atoms with van der Waals surface area (Å²) in [6.07, 6.45) is 2.09. The lowest BCUT2D eigenvalue weighted by atomic mass is 10.2. The van der Waals surface area contributed by atoms with Crippen molar-refractivity contribution in [3.63, 3.8) is 0 Å². The largest absolute Gasteiger partial charge is 0.493 e. The van der Waals surface area contributed by atoms with Crippen molar-refractivity contribution >= 4 is 15.7 Å². The predicted molar refractivity (Wildman–Crippen MR) is 102 cm³/mol. The van der Waals surface area contributed by atoms with Gasteiger partial charge in [0, 0.05) is 17.3 Å². The van der Waals surface area contributed by atoms with Gasteiger partial charge in [-0.05, 0) is 47.5 Å². The minimum absolute atomic E-state index is 0.0679. The lowest BCUT2D eigenvalue weighted by molar-refractivity contribution is 0.354. The highest BCUT2D eigenvalue weighted by Gasteiger charge is 2.28. The Morgan fingerprint density at radius 2 is 1.86 bits per heavy atom. The van der Waals surface area contributed by atoms with Crippen LogP contribution in [0.25, 0.3) is 11.4 Å². The van der Waals surface area contributed by atoms with E-state index in [2.05, 4.69) is 20.2 Å². The number of methoxy groups -OCH3 is 2. The molecular formula is C18H19N5O4S. The SMILES string of the molecule is COc1ccc(S(=O)(=O)Nc2cccc(-c3nnnn3C3CC3)c2)cc1OC. The molecule has 1 heterocycles. The van der Waals surface area contributed by atoms with Crippen molar-refractivity contribution in [1.82, 2.24) is 20.2 Å². The molecule has 4 rings (SSSR count). The fourth-order valence-electron chi connectivity index (χ4n) is 2.87. The van der Waals surface area contributed by atoms with Crippen molar-refractivity contribution in [2.45, 2.75) is 23.8 Å². The van der Waals surface area contributed by atoms with Crippen LogP contribution < -0.4 is 14.2 Å². The fraction of sp³-hybridized carbons (Fsp3) is 0.278. The summed E-state index contributed by atoms with van der Waals surface area (Å²) in [6, 6.07) is 11.7. The Hall–Kier alpha value is -3.14. The third kappa shape index (κ3) is 3.50. The highest BCUT2D eigenvalue weighted by Crippen LogP contribution is 2.37. The molecule has 1 N–H and O–H groups in total. The van der Waals surface area contributed by atoms with E-state index >= 15 is 0 Å². The Morgan fingerprint density at radius 1 is 1.07 bits per heavy atom. The van der Waals surface area contributed by atoms with Crippen LogP contribution in [0.15, 0.2) is 47.4 Å². The van der Waals surface area contributed by atoms with Crippen molar-refractivity contribution < 1.29 is 17.9 Å². The van der Waals surface area contributed by atoms with Gasteiger partial charge >= 0.3 is 0 Å². The summed E-state index contributed by atoms with van der Waals surface area (Å²) in [5.74, 6) is 1.41. The van der Waals surface area contributed by atoms with Gasteiger partial charge in [-0.1, -0.05) is 12.1 Å². The van der Waals surface area contributed by atoms with Gasteiger partial charge in [-0.3, -0.25) is 4.72 Å². The summed E-state index contributed by atoms with van der Waals surface area (Å²) in [5.41, 5.74) is 1.15. The summed E-state index contributed by atoms with van der Waals surface area (Å²) < 4.78 is 40.3. The van der Waals surface area contributed by atoms with E-state index in [1.807, 2.05) is 6.07 Å². The first-order valence-electron chi connectivity index (χ1n) is 8.65. The van der Waals surface area contributed by atoms with Crippen molar-refractivity contribution in [2.24, 2.45) is 0 Å². The minimum atomic E-state index is -3.81. The van der Waals surface area contributed by atoms with Crippen LogP contribution in [0.2, 0.25) is 0 Å². The van der Waals surface area contributed by atoms with Crippen LogP contribution in [0, 0.1) is 0 Å². The van der Waals surface area contributed by atoms with E-state index in [1.165, 1.54) is 26.4 Å². The first kappa shape index (κ1) is 18.2. The van der Waals surface area contributed by atoms with E-state index in [-0.39, 0.29) is 4.90 Å². The van der Waals surface area contributed by atoms with Gasteiger partial charge < -0.3 is 9.47 Å². The summed E-state index contributed by atoms with van der Waals surface area (Å²) >= 11 is 0. The molecule has 3 aromatic rings. The van der Waals surface area contributed by atoms with Crippen molar-refractivity contribution in [2.75, 3.05) is 18.9 Å². The molecule has 1 aliphatic carbocycles. The number of sulfonamides is 1. The van der Waals surface area contributed by atoms with E-state index in [0.717, 1.165) is 18.4 Å². The average molecular weight is 401 g/mol. The van der Waals surface area contributed by atoms with Crippen LogP contribution in [0.4, 0.5) is 5.69 Å². The molecule has 1 aromatic heterocycles. The Labute approximate surface area is 162 Å². The zero-order valence-electron chi connectivity index (χ0n) is 15.4. The third-order valence-electron chi connectivity index (χ3n) is 4.42. The van der Waals surface area contributed by atoms with E-state index < -0.39 is 10.0 Å². The van der Waals surface area contributed by atoms with Gasteiger partial charge in [0.2, 0.25) is 0 Å². The number of hydrogen-bond donors (Lipinski definition) is 1. The van der Waals surface area contributed by atoms with Crippen LogP contribution in [0.5, 0.6) is 11.5 Å². The van der Waals surface area contributed by atoms with E-state index in [4.69, 9.17) is 9.47 Å². The van der Waals surface area contributed by atoms with Gasteiger partial charge in [-0.2, -0.15) is 0 Å². The number of nitrogens with one attached hydrogen (secondary N) is 1. The molecule has 1 fully saturated rings. The Kier molecular flexibility index (Phi) is 4.63. The second-order valence-corrected chi connectivity index (χ2v) is 8.06. The minimum Gasteiger partial charge on any atom is -0.493 e. The summed E-state index contributed by atoms with van der Waals surface area (Å²) in [5, 5.41) is 11.9. The maximum Gasteiger partial charge on any atom is 0.262 e. The Balaban J connectivity index is 1.63. The first-order valence-corrected chi connectivity index (χ1v) is 10.1. The Bertz CT molecular complexity index is 1110. The molecule has 0 spiro atoms. The maximum absolute atomic E-state index is 12.8. The fourth-order valence-corrected chi connectivity index (χ4v) is 3.93. The number of rotatable bonds is 7. The molecule has 1 aliphatic rings. The molecule has 0 saturated heterocycles. The second-order valence-electron chi connectivity index (χ2n) is 6.38. The van der Waals surface area contributed by atoms with Crippen LogP contribution in [0.3, 0.4) is 0 Å². The molecule has 28 heavy (non-hydrogen) atoms. The van der Waals surface area contributed by atoms with Crippen molar-refractivity contribution in [3.8, 4) is 22.9 Å². The number of ether oxygens (including phenoxy) is 2. The standard InChI is InChI=1S/C18H19N5O4S/c1-26-16-9-8-15(11-17(16)27-2)28(24,25)20-13-5-3-4-12(10-13)18-19-21-22-23(18)14-6-7-14/h3-5,8-11,14,20H,6-7H2,1-2H3. The molecule has 0 radical (unpaired) electrons. The zero-order valence-corrected chi connectivity index (χ0v) is 16.2. The zero-order chi connectivity index (χ0) is 19.7. The lowest BCUT2D eigenvalue weighted by Gasteiger charge is -2.12. The van der Waals surface area contributed by atoms with Crippen LogP contribution in [0.1, 0.15) is 18.9 Å². The number of tetrazole rings is 1. The molecule has 2 aromatic carbocycles. The normalized spacial score (nSPS) is 13.9. The molecule has 0 aliphatic heterocycles. The highest BCUT2D eigenvalue weighted by atomic mass is 32.2. The number of anilines is 1. The quantitative estimate of drug-likeness (QED) is 0.648. The first-order chi connectivity index (χ1) is 13.5. The maximum atomic E-state index is 12.8. The molecule has 0 atom stereocenters. The number of aromatic nitrogens is 4. The monoisotopic (exact) mass is 401 g/mol. The predicted octanol–water partition coefficient (Wildman–Crippen LogP) is 2.49. The average Bonchev–Trinajstić information content (AvgIpc) is 3.43. The van der Waals surface area contributed by atoms with Crippen molar-refractivity contribution in [3.05, 3.63) is 42.5 Å². The van der Waals surface area contributed by atoms with Crippen LogP contribution in [-0.2, 0) is 10.0 Å². The van der Waals surface area contributed by atoms with Gasteiger partial charge in [0.15, 0.2) is 17.3 Å². The second kappa shape index (κ2) is 7.12. The third-order valence-corrected chi connectivity index (χ3v) is 5.80. The van der Waals surface area contributed by atoms with Crippen molar-refractivity contribution in [1.29, 1.82) is 0 Å². The highest BCUT2D eigenvalue weighted by molar-refractivity contribution is 7.92. The molecule has 9 nitrogen and oxygen atoms in total. The Morgan fingerprint density at radius 3 is 2.57 bits per heavy atom. The summed E-state index contributed by atoms with van der Waals surface area (Å²) in [6.45, 7) is 0.